The lowest BCUT2D eigenvalue weighted by atomic mass is 9.96. The van der Waals surface area contributed by atoms with Crippen LogP contribution in [0.25, 0.3) is 0 Å². The SMILES string of the molecule is CCCOc1cccc(CN2CC(C)CC(N)C2)c1. The average molecular weight is 262 g/mol. The number of piperidine rings is 1. The van der Waals surface area contributed by atoms with Crippen molar-refractivity contribution in [2.75, 3.05) is 19.7 Å². The Morgan fingerprint density at radius 1 is 1.37 bits per heavy atom. The lowest BCUT2D eigenvalue weighted by molar-refractivity contribution is 0.158. The summed E-state index contributed by atoms with van der Waals surface area (Å²) in [6.07, 6.45) is 2.19. The van der Waals surface area contributed by atoms with Gasteiger partial charge in [-0.15, -0.1) is 0 Å². The maximum absolute atomic E-state index is 6.10. The van der Waals surface area contributed by atoms with Gasteiger partial charge in [0.15, 0.2) is 0 Å². The molecule has 0 saturated carbocycles. The molecule has 2 N–H and O–H groups in total. The Morgan fingerprint density at radius 3 is 2.95 bits per heavy atom. The Balaban J connectivity index is 1.94. The van der Waals surface area contributed by atoms with Gasteiger partial charge >= 0.3 is 0 Å². The number of nitrogens with two attached hydrogens (primary N) is 1. The summed E-state index contributed by atoms with van der Waals surface area (Å²) in [4.78, 5) is 2.46. The van der Waals surface area contributed by atoms with E-state index < -0.39 is 0 Å². The van der Waals surface area contributed by atoms with Gasteiger partial charge in [-0.25, -0.2) is 0 Å². The Morgan fingerprint density at radius 2 is 2.21 bits per heavy atom. The van der Waals surface area contributed by atoms with E-state index in [0.29, 0.717) is 12.0 Å². The number of ether oxygens (including phenoxy) is 1. The highest BCUT2D eigenvalue weighted by Crippen LogP contribution is 2.19. The van der Waals surface area contributed by atoms with Crippen LogP contribution < -0.4 is 10.5 Å². The summed E-state index contributed by atoms with van der Waals surface area (Å²) >= 11 is 0. The van der Waals surface area contributed by atoms with Crippen LogP contribution in [0.5, 0.6) is 5.75 Å². The Kier molecular flexibility index (Phi) is 5.23. The number of hydrogen-bond donors (Lipinski definition) is 1. The number of likely N-dealkylation sites (tertiary alicyclic amines) is 1. The van der Waals surface area contributed by atoms with Gasteiger partial charge < -0.3 is 10.5 Å². The van der Waals surface area contributed by atoms with Gasteiger partial charge in [-0.3, -0.25) is 4.90 Å². The first kappa shape index (κ1) is 14.4. The van der Waals surface area contributed by atoms with E-state index in [9.17, 15) is 0 Å². The van der Waals surface area contributed by atoms with E-state index >= 15 is 0 Å². The third kappa shape index (κ3) is 4.51. The summed E-state index contributed by atoms with van der Waals surface area (Å²) in [5, 5.41) is 0. The molecule has 1 aliphatic rings. The minimum absolute atomic E-state index is 0.322. The van der Waals surface area contributed by atoms with Gasteiger partial charge in [-0.1, -0.05) is 26.0 Å². The zero-order valence-electron chi connectivity index (χ0n) is 12.1. The molecule has 1 saturated heterocycles. The second-order valence-corrected chi connectivity index (χ2v) is 5.79. The molecule has 19 heavy (non-hydrogen) atoms. The normalized spacial score (nSPS) is 24.4. The van der Waals surface area contributed by atoms with Crippen LogP contribution in [0.2, 0.25) is 0 Å². The molecule has 1 heterocycles. The zero-order valence-corrected chi connectivity index (χ0v) is 12.1. The first-order valence-corrected chi connectivity index (χ1v) is 7.37. The van der Waals surface area contributed by atoms with Gasteiger partial charge in [0.05, 0.1) is 6.61 Å². The van der Waals surface area contributed by atoms with Crippen molar-refractivity contribution >= 4 is 0 Å². The van der Waals surface area contributed by atoms with Crippen molar-refractivity contribution in [3.8, 4) is 5.75 Å². The summed E-state index contributed by atoms with van der Waals surface area (Å²) in [6.45, 7) is 8.32. The number of benzene rings is 1. The van der Waals surface area contributed by atoms with E-state index in [4.69, 9.17) is 10.5 Å². The van der Waals surface area contributed by atoms with Crippen LogP contribution in [0.15, 0.2) is 24.3 Å². The highest BCUT2D eigenvalue weighted by atomic mass is 16.5. The maximum Gasteiger partial charge on any atom is 0.119 e. The molecule has 1 aliphatic heterocycles. The number of rotatable bonds is 5. The molecule has 1 aromatic rings. The van der Waals surface area contributed by atoms with Gasteiger partial charge in [-0.2, -0.15) is 0 Å². The van der Waals surface area contributed by atoms with Gasteiger partial charge in [0, 0.05) is 25.7 Å². The van der Waals surface area contributed by atoms with Crippen molar-refractivity contribution in [3.05, 3.63) is 29.8 Å². The lowest BCUT2D eigenvalue weighted by Crippen LogP contribution is -2.45. The van der Waals surface area contributed by atoms with Crippen LogP contribution in [-0.2, 0) is 6.54 Å². The third-order valence-corrected chi connectivity index (χ3v) is 3.55. The van der Waals surface area contributed by atoms with E-state index in [1.54, 1.807) is 0 Å². The second-order valence-electron chi connectivity index (χ2n) is 5.79. The molecule has 1 aromatic carbocycles. The third-order valence-electron chi connectivity index (χ3n) is 3.55. The summed E-state index contributed by atoms with van der Waals surface area (Å²) in [5.41, 5.74) is 7.41. The standard InChI is InChI=1S/C16H26N2O/c1-3-7-19-16-6-4-5-14(9-16)11-18-10-13(2)8-15(17)12-18/h4-6,9,13,15H,3,7-8,10-12,17H2,1-2H3. The van der Waals surface area contributed by atoms with Crippen molar-refractivity contribution in [3.63, 3.8) is 0 Å². The first-order chi connectivity index (χ1) is 9.17. The lowest BCUT2D eigenvalue weighted by Gasteiger charge is -2.34. The topological polar surface area (TPSA) is 38.5 Å². The molecule has 2 unspecified atom stereocenters. The molecule has 2 atom stereocenters. The van der Waals surface area contributed by atoms with E-state index in [0.717, 1.165) is 44.8 Å². The first-order valence-electron chi connectivity index (χ1n) is 7.37. The van der Waals surface area contributed by atoms with Crippen molar-refractivity contribution < 1.29 is 4.74 Å². The quantitative estimate of drug-likeness (QED) is 0.886. The molecule has 106 valence electrons. The molecule has 0 radical (unpaired) electrons. The summed E-state index contributed by atoms with van der Waals surface area (Å²) in [6, 6.07) is 8.75. The monoisotopic (exact) mass is 262 g/mol. The molecule has 2 rings (SSSR count). The van der Waals surface area contributed by atoms with Crippen LogP contribution >= 0.6 is 0 Å². The minimum atomic E-state index is 0.322. The summed E-state index contributed by atoms with van der Waals surface area (Å²) in [5.74, 6) is 1.68. The molecule has 1 fully saturated rings. The zero-order chi connectivity index (χ0) is 13.7. The van der Waals surface area contributed by atoms with E-state index in [1.165, 1.54) is 5.56 Å². The number of hydrogen-bond acceptors (Lipinski definition) is 3. The Hall–Kier alpha value is -1.06. The fourth-order valence-corrected chi connectivity index (χ4v) is 2.85. The fraction of sp³-hybridized carbons (Fsp3) is 0.625. The fourth-order valence-electron chi connectivity index (χ4n) is 2.85. The predicted molar refractivity (Wildman–Crippen MR) is 79.3 cm³/mol. The van der Waals surface area contributed by atoms with Crippen LogP contribution in [0.4, 0.5) is 0 Å². The van der Waals surface area contributed by atoms with Gasteiger partial charge in [0.2, 0.25) is 0 Å². The Labute approximate surface area is 116 Å². The van der Waals surface area contributed by atoms with Gasteiger partial charge in [0.25, 0.3) is 0 Å². The predicted octanol–water partition coefficient (Wildman–Crippen LogP) is 2.64. The molecule has 0 spiro atoms. The molecule has 0 bridgehead atoms. The average Bonchev–Trinajstić information content (AvgIpc) is 2.35. The van der Waals surface area contributed by atoms with Crippen molar-refractivity contribution in [2.45, 2.75) is 39.3 Å². The van der Waals surface area contributed by atoms with Crippen LogP contribution in [0, 0.1) is 5.92 Å². The molecule has 3 heteroatoms. The summed E-state index contributed by atoms with van der Waals surface area (Å²) in [7, 11) is 0. The van der Waals surface area contributed by atoms with Crippen molar-refractivity contribution in [1.82, 2.24) is 4.90 Å². The second kappa shape index (κ2) is 6.92. The van der Waals surface area contributed by atoms with E-state index in [-0.39, 0.29) is 0 Å². The minimum Gasteiger partial charge on any atom is -0.494 e. The molecular formula is C16H26N2O. The molecule has 3 nitrogen and oxygen atoms in total. The highest BCUT2D eigenvalue weighted by molar-refractivity contribution is 5.28. The van der Waals surface area contributed by atoms with E-state index in [2.05, 4.69) is 36.9 Å². The highest BCUT2D eigenvalue weighted by Gasteiger charge is 2.21. The maximum atomic E-state index is 6.10. The smallest absolute Gasteiger partial charge is 0.119 e. The molecular weight excluding hydrogens is 236 g/mol. The van der Waals surface area contributed by atoms with E-state index in [1.807, 2.05) is 6.07 Å². The Bertz CT molecular complexity index is 384. The van der Waals surface area contributed by atoms with Crippen LogP contribution in [0.1, 0.15) is 32.3 Å². The van der Waals surface area contributed by atoms with Crippen molar-refractivity contribution in [2.24, 2.45) is 11.7 Å². The largest absolute Gasteiger partial charge is 0.494 e. The summed E-state index contributed by atoms with van der Waals surface area (Å²) < 4.78 is 5.68. The molecule has 0 aromatic heterocycles. The van der Waals surface area contributed by atoms with Crippen molar-refractivity contribution in [1.29, 1.82) is 0 Å². The van der Waals surface area contributed by atoms with Crippen LogP contribution in [0.3, 0.4) is 0 Å². The molecule has 0 amide bonds. The van der Waals surface area contributed by atoms with Gasteiger partial charge in [0.1, 0.15) is 5.75 Å². The molecule has 0 aliphatic carbocycles. The van der Waals surface area contributed by atoms with Gasteiger partial charge in [-0.05, 0) is 36.5 Å². The van der Waals surface area contributed by atoms with Crippen LogP contribution in [-0.4, -0.2) is 30.6 Å². The number of nitrogens with zero attached hydrogens (tertiary/aromatic N) is 1.